The lowest BCUT2D eigenvalue weighted by molar-refractivity contribution is 0.610. The van der Waals surface area contributed by atoms with Gasteiger partial charge in [-0.2, -0.15) is 5.10 Å². The van der Waals surface area contributed by atoms with Gasteiger partial charge in [0.2, 0.25) is 0 Å². The molecule has 0 saturated carbocycles. The van der Waals surface area contributed by atoms with Crippen LogP contribution in [-0.2, 0) is 19.5 Å². The molecule has 0 unspecified atom stereocenters. The Bertz CT molecular complexity index is 616. The van der Waals surface area contributed by atoms with E-state index in [2.05, 4.69) is 10.1 Å². The van der Waals surface area contributed by atoms with Crippen LogP contribution in [0.15, 0.2) is 23.1 Å². The van der Waals surface area contributed by atoms with Crippen LogP contribution in [0.25, 0.3) is 0 Å². The zero-order chi connectivity index (χ0) is 11.8. The minimum absolute atomic E-state index is 0.0366. The van der Waals surface area contributed by atoms with Crippen LogP contribution in [0.1, 0.15) is 17.8 Å². The van der Waals surface area contributed by atoms with E-state index in [1.165, 1.54) is 4.68 Å². The first-order chi connectivity index (χ1) is 8.24. The van der Waals surface area contributed by atoms with Crippen LogP contribution in [0, 0.1) is 0 Å². The van der Waals surface area contributed by atoms with Gasteiger partial charge in [0.1, 0.15) is 11.0 Å². The van der Waals surface area contributed by atoms with Gasteiger partial charge in [0.05, 0.1) is 6.54 Å². The molecule has 3 rings (SSSR count). The van der Waals surface area contributed by atoms with Gasteiger partial charge in [-0.3, -0.25) is 4.57 Å². The van der Waals surface area contributed by atoms with Crippen molar-refractivity contribution < 1.29 is 0 Å². The average Bonchev–Trinajstić information content (AvgIpc) is 2.84. The van der Waals surface area contributed by atoms with Gasteiger partial charge in [0, 0.05) is 19.2 Å². The molecule has 2 aromatic heterocycles. The summed E-state index contributed by atoms with van der Waals surface area (Å²) in [7, 11) is 0. The smallest absolute Gasteiger partial charge is 0.279 e. The number of rotatable bonds is 2. The van der Waals surface area contributed by atoms with Crippen LogP contribution in [0.2, 0.25) is 5.15 Å². The van der Waals surface area contributed by atoms with Crippen LogP contribution in [0.4, 0.5) is 0 Å². The number of hydrogen-bond acceptors (Lipinski definition) is 3. The lowest BCUT2D eigenvalue weighted by atomic mass is 10.3. The van der Waals surface area contributed by atoms with Crippen molar-refractivity contribution in [1.82, 2.24) is 19.3 Å². The second-order valence-electron chi connectivity index (χ2n) is 4.10. The van der Waals surface area contributed by atoms with Crippen LogP contribution < -0.4 is 5.69 Å². The Morgan fingerprint density at radius 2 is 2.35 bits per heavy atom. The number of nitrogens with zero attached hydrogens (tertiary/aromatic N) is 4. The number of fused-ring (bicyclic) bond motifs is 1. The van der Waals surface area contributed by atoms with Crippen molar-refractivity contribution in [3.8, 4) is 0 Å². The van der Waals surface area contributed by atoms with Crippen molar-refractivity contribution in [2.45, 2.75) is 25.9 Å². The molecule has 0 aliphatic carbocycles. The summed E-state index contributed by atoms with van der Waals surface area (Å²) in [6.45, 7) is 1.23. The van der Waals surface area contributed by atoms with Crippen LogP contribution in [0.3, 0.4) is 0 Å². The molecule has 2 aromatic rings. The topological polar surface area (TPSA) is 52.7 Å². The van der Waals surface area contributed by atoms with E-state index < -0.39 is 0 Å². The van der Waals surface area contributed by atoms with Gasteiger partial charge in [-0.25, -0.2) is 14.5 Å². The maximum absolute atomic E-state index is 12.0. The predicted molar refractivity (Wildman–Crippen MR) is 63.2 cm³/mol. The van der Waals surface area contributed by atoms with Crippen molar-refractivity contribution in [1.29, 1.82) is 0 Å². The predicted octanol–water partition coefficient (Wildman–Crippen LogP) is 1.09. The lowest BCUT2D eigenvalue weighted by Crippen LogP contribution is -2.24. The molecule has 6 heteroatoms. The summed E-state index contributed by atoms with van der Waals surface area (Å²) in [4.78, 5) is 15.9. The van der Waals surface area contributed by atoms with Crippen LogP contribution in [0.5, 0.6) is 0 Å². The second-order valence-corrected chi connectivity index (χ2v) is 4.49. The largest absolute Gasteiger partial charge is 0.346 e. The van der Waals surface area contributed by atoms with Crippen LogP contribution >= 0.6 is 11.6 Å². The van der Waals surface area contributed by atoms with E-state index in [1.807, 2.05) is 6.07 Å². The first-order valence-electron chi connectivity index (χ1n) is 5.51. The Hall–Kier alpha value is -1.62. The van der Waals surface area contributed by atoms with E-state index in [4.69, 9.17) is 11.6 Å². The summed E-state index contributed by atoms with van der Waals surface area (Å²) in [5.41, 5.74) is 0.898. The number of pyridine rings is 1. The molecular weight excluding hydrogens is 240 g/mol. The molecule has 0 saturated heterocycles. The zero-order valence-electron chi connectivity index (χ0n) is 9.14. The quantitative estimate of drug-likeness (QED) is 0.750. The number of hydrogen-bond donors (Lipinski definition) is 0. The van der Waals surface area contributed by atoms with Gasteiger partial charge in [0.25, 0.3) is 0 Å². The Labute approximate surface area is 103 Å². The molecule has 88 valence electrons. The normalized spacial score (nSPS) is 13.9. The number of halogens is 1. The molecule has 0 aromatic carbocycles. The van der Waals surface area contributed by atoms with Gasteiger partial charge in [0.15, 0.2) is 0 Å². The van der Waals surface area contributed by atoms with E-state index in [0.29, 0.717) is 11.7 Å². The Balaban J connectivity index is 1.94. The molecule has 0 N–H and O–H groups in total. The Morgan fingerprint density at radius 1 is 1.47 bits per heavy atom. The van der Waals surface area contributed by atoms with E-state index >= 15 is 0 Å². The molecule has 0 bridgehead atoms. The highest BCUT2D eigenvalue weighted by Crippen LogP contribution is 2.10. The number of aromatic nitrogens is 4. The van der Waals surface area contributed by atoms with Crippen molar-refractivity contribution in [2.24, 2.45) is 0 Å². The first-order valence-corrected chi connectivity index (χ1v) is 5.89. The molecular formula is C11H11ClN4O. The minimum atomic E-state index is -0.0366. The van der Waals surface area contributed by atoms with Crippen molar-refractivity contribution in [2.75, 3.05) is 0 Å². The third kappa shape index (κ3) is 1.86. The summed E-state index contributed by atoms with van der Waals surface area (Å²) in [5.74, 6) is 0.884. The molecule has 0 fully saturated rings. The average molecular weight is 251 g/mol. The highest BCUT2D eigenvalue weighted by molar-refractivity contribution is 6.29. The SMILES string of the molecule is O=c1n(Cc2ccnc(Cl)c2)nc2n1CCC2. The van der Waals surface area contributed by atoms with Gasteiger partial charge in [-0.05, 0) is 24.1 Å². The van der Waals surface area contributed by atoms with Crippen molar-refractivity contribution >= 4 is 11.6 Å². The van der Waals surface area contributed by atoms with Gasteiger partial charge in [-0.1, -0.05) is 11.6 Å². The lowest BCUT2D eigenvalue weighted by Gasteiger charge is -2.00. The fourth-order valence-electron chi connectivity index (χ4n) is 2.11. The molecule has 0 amide bonds. The third-order valence-electron chi connectivity index (χ3n) is 2.90. The maximum Gasteiger partial charge on any atom is 0.346 e. The Kier molecular flexibility index (Phi) is 2.48. The highest BCUT2D eigenvalue weighted by Gasteiger charge is 2.17. The Morgan fingerprint density at radius 3 is 3.12 bits per heavy atom. The first kappa shape index (κ1) is 10.5. The van der Waals surface area contributed by atoms with Gasteiger partial charge < -0.3 is 0 Å². The summed E-state index contributed by atoms with van der Waals surface area (Å²) < 4.78 is 3.23. The molecule has 0 spiro atoms. The number of aryl methyl sites for hydroxylation is 1. The van der Waals surface area contributed by atoms with E-state index in [-0.39, 0.29) is 5.69 Å². The fraction of sp³-hybridized carbons (Fsp3) is 0.364. The van der Waals surface area contributed by atoms with Gasteiger partial charge >= 0.3 is 5.69 Å². The van der Waals surface area contributed by atoms with E-state index in [1.54, 1.807) is 16.8 Å². The minimum Gasteiger partial charge on any atom is -0.279 e. The summed E-state index contributed by atoms with van der Waals surface area (Å²) >= 11 is 5.80. The van der Waals surface area contributed by atoms with Crippen molar-refractivity contribution in [3.63, 3.8) is 0 Å². The maximum atomic E-state index is 12.0. The monoisotopic (exact) mass is 250 g/mol. The molecule has 1 aliphatic rings. The van der Waals surface area contributed by atoms with E-state index in [0.717, 1.165) is 30.8 Å². The summed E-state index contributed by atoms with van der Waals surface area (Å²) in [5, 5.41) is 4.75. The van der Waals surface area contributed by atoms with Crippen LogP contribution in [-0.4, -0.2) is 19.3 Å². The molecule has 3 heterocycles. The summed E-state index contributed by atoms with van der Waals surface area (Å²) in [6.07, 6.45) is 3.53. The molecule has 17 heavy (non-hydrogen) atoms. The highest BCUT2D eigenvalue weighted by atomic mass is 35.5. The molecule has 5 nitrogen and oxygen atoms in total. The van der Waals surface area contributed by atoms with Crippen molar-refractivity contribution in [3.05, 3.63) is 45.4 Å². The summed E-state index contributed by atoms with van der Waals surface area (Å²) in [6, 6.07) is 3.58. The zero-order valence-corrected chi connectivity index (χ0v) is 9.89. The fourth-order valence-corrected chi connectivity index (χ4v) is 2.30. The molecule has 0 radical (unpaired) electrons. The standard InChI is InChI=1S/C11H11ClN4O/c12-9-6-8(3-4-13-9)7-16-11(17)15-5-1-2-10(15)14-16/h3-4,6H,1-2,5,7H2. The van der Waals surface area contributed by atoms with E-state index in [9.17, 15) is 4.79 Å². The second kappa shape index (κ2) is 4.00. The molecule has 0 atom stereocenters. The third-order valence-corrected chi connectivity index (χ3v) is 3.11. The molecule has 1 aliphatic heterocycles. The van der Waals surface area contributed by atoms with Gasteiger partial charge in [-0.15, -0.1) is 0 Å².